The molecule has 168 valence electrons. The van der Waals surface area contributed by atoms with E-state index in [4.69, 9.17) is 5.11 Å². The zero-order valence-electron chi connectivity index (χ0n) is 17.6. The highest BCUT2D eigenvalue weighted by molar-refractivity contribution is 6.35. The lowest BCUT2D eigenvalue weighted by Gasteiger charge is -2.26. The zero-order valence-corrected chi connectivity index (χ0v) is 17.6. The highest BCUT2D eigenvalue weighted by atomic mass is 19.3. The molecule has 0 saturated carbocycles. The predicted octanol–water partition coefficient (Wildman–Crippen LogP) is 1.48. The summed E-state index contributed by atoms with van der Waals surface area (Å²) in [4.78, 5) is 47.8. The highest BCUT2D eigenvalue weighted by Crippen LogP contribution is 2.10. The summed E-state index contributed by atoms with van der Waals surface area (Å²) in [5.41, 5.74) is 0. The van der Waals surface area contributed by atoms with Crippen molar-refractivity contribution in [1.82, 2.24) is 16.0 Å². The Labute approximate surface area is 170 Å². The Morgan fingerprint density at radius 1 is 0.862 bits per heavy atom. The quantitative estimate of drug-likeness (QED) is 0.315. The molecule has 0 saturated heterocycles. The molecule has 0 aromatic heterocycles. The van der Waals surface area contributed by atoms with Gasteiger partial charge in [-0.1, -0.05) is 41.0 Å². The van der Waals surface area contributed by atoms with Gasteiger partial charge in [0.1, 0.15) is 12.1 Å². The Bertz CT molecular complexity index is 570. The van der Waals surface area contributed by atoms with E-state index in [1.807, 2.05) is 20.8 Å². The summed E-state index contributed by atoms with van der Waals surface area (Å²) in [7, 11) is 0. The van der Waals surface area contributed by atoms with E-state index in [0.29, 0.717) is 6.42 Å². The standard InChI is InChI=1S/C19H33F2N3O5/c1-6-7-12(22-11(4)5)17(26)24-14(8-10(2)3)18(27)23-13(9-15(20)21)16(25)19(28)29/h10-15,22H,6-9H2,1-5H3,(H,23,27)(H,24,26)(H,28,29). The first-order valence-corrected chi connectivity index (χ1v) is 9.81. The average molecular weight is 421 g/mol. The van der Waals surface area contributed by atoms with Gasteiger partial charge in [-0.3, -0.25) is 14.4 Å². The average Bonchev–Trinajstić information content (AvgIpc) is 2.58. The summed E-state index contributed by atoms with van der Waals surface area (Å²) >= 11 is 0. The van der Waals surface area contributed by atoms with Crippen LogP contribution in [0.3, 0.4) is 0 Å². The fourth-order valence-electron chi connectivity index (χ4n) is 2.79. The maximum atomic E-state index is 12.7. The molecule has 0 heterocycles. The SMILES string of the molecule is CCCC(NC(C)C)C(=O)NC(CC(C)C)C(=O)NC(CC(F)F)C(=O)C(=O)O. The van der Waals surface area contributed by atoms with Crippen molar-refractivity contribution in [2.45, 2.75) is 90.9 Å². The number of alkyl halides is 2. The molecule has 0 aromatic carbocycles. The maximum absolute atomic E-state index is 12.7. The van der Waals surface area contributed by atoms with Crippen molar-refractivity contribution in [2.75, 3.05) is 0 Å². The molecule has 0 fully saturated rings. The van der Waals surface area contributed by atoms with E-state index in [0.717, 1.165) is 6.42 Å². The molecule has 0 aliphatic rings. The Morgan fingerprint density at radius 3 is 1.79 bits per heavy atom. The van der Waals surface area contributed by atoms with Crippen molar-refractivity contribution >= 4 is 23.6 Å². The normalized spacial score (nSPS) is 14.6. The van der Waals surface area contributed by atoms with Gasteiger partial charge in [0.05, 0.1) is 6.04 Å². The predicted molar refractivity (Wildman–Crippen MR) is 104 cm³/mol. The molecule has 0 bridgehead atoms. The number of aliphatic carboxylic acids is 1. The van der Waals surface area contributed by atoms with Crippen molar-refractivity contribution < 1.29 is 33.1 Å². The summed E-state index contributed by atoms with van der Waals surface area (Å²) in [6.45, 7) is 9.27. The van der Waals surface area contributed by atoms with Crippen LogP contribution in [0, 0.1) is 5.92 Å². The minimum absolute atomic E-state index is 0.0262. The van der Waals surface area contributed by atoms with Gasteiger partial charge in [-0.15, -0.1) is 0 Å². The molecule has 4 N–H and O–H groups in total. The second-order valence-corrected chi connectivity index (χ2v) is 7.71. The Kier molecular flexibility index (Phi) is 12.2. The van der Waals surface area contributed by atoms with Crippen LogP contribution in [0.4, 0.5) is 8.78 Å². The molecule has 3 unspecified atom stereocenters. The summed E-state index contributed by atoms with van der Waals surface area (Å²) in [5.74, 6) is -4.76. The summed E-state index contributed by atoms with van der Waals surface area (Å²) in [5, 5.41) is 16.6. The second-order valence-electron chi connectivity index (χ2n) is 7.71. The van der Waals surface area contributed by atoms with Crippen molar-refractivity contribution in [3.8, 4) is 0 Å². The summed E-state index contributed by atoms with van der Waals surface area (Å²) in [6.07, 6.45) is -2.65. The number of hydrogen-bond acceptors (Lipinski definition) is 5. The van der Waals surface area contributed by atoms with Gasteiger partial charge < -0.3 is 21.1 Å². The van der Waals surface area contributed by atoms with E-state index in [9.17, 15) is 28.0 Å². The number of carboxylic acid groups (broad SMARTS) is 1. The minimum atomic E-state index is -2.98. The van der Waals surface area contributed by atoms with Crippen LogP contribution in [0.15, 0.2) is 0 Å². The monoisotopic (exact) mass is 421 g/mol. The maximum Gasteiger partial charge on any atom is 0.374 e. The molecular formula is C19H33F2N3O5. The van der Waals surface area contributed by atoms with Gasteiger partial charge in [0.2, 0.25) is 18.2 Å². The van der Waals surface area contributed by atoms with Gasteiger partial charge in [0, 0.05) is 12.5 Å². The number of carbonyl (C=O) groups excluding carboxylic acids is 3. The smallest absolute Gasteiger partial charge is 0.374 e. The van der Waals surface area contributed by atoms with E-state index < -0.39 is 54.5 Å². The molecule has 0 spiro atoms. The molecule has 3 atom stereocenters. The Hall–Kier alpha value is -2.10. The first-order chi connectivity index (χ1) is 13.4. The lowest BCUT2D eigenvalue weighted by Crippen LogP contribution is -2.56. The fourth-order valence-corrected chi connectivity index (χ4v) is 2.79. The van der Waals surface area contributed by atoms with Crippen LogP contribution in [0.5, 0.6) is 0 Å². The highest BCUT2D eigenvalue weighted by Gasteiger charge is 2.33. The van der Waals surface area contributed by atoms with E-state index in [-0.39, 0.29) is 18.4 Å². The number of Topliss-reactive ketones (excluding diaryl/α,β-unsaturated/α-hetero) is 1. The van der Waals surface area contributed by atoms with Gasteiger partial charge in [-0.2, -0.15) is 0 Å². The first kappa shape index (κ1) is 26.9. The third-order valence-electron chi connectivity index (χ3n) is 4.03. The first-order valence-electron chi connectivity index (χ1n) is 9.81. The van der Waals surface area contributed by atoms with Gasteiger partial charge in [0.15, 0.2) is 0 Å². The van der Waals surface area contributed by atoms with Crippen LogP contribution in [-0.4, -0.2) is 59.3 Å². The van der Waals surface area contributed by atoms with E-state index in [1.54, 1.807) is 13.8 Å². The van der Waals surface area contributed by atoms with Gasteiger partial charge in [-0.25, -0.2) is 13.6 Å². The van der Waals surface area contributed by atoms with Crippen molar-refractivity contribution in [3.63, 3.8) is 0 Å². The third kappa shape index (κ3) is 10.9. The fraction of sp³-hybridized carbons (Fsp3) is 0.789. The van der Waals surface area contributed by atoms with Crippen LogP contribution >= 0.6 is 0 Å². The van der Waals surface area contributed by atoms with E-state index in [1.165, 1.54) is 0 Å². The third-order valence-corrected chi connectivity index (χ3v) is 4.03. The molecule has 0 rings (SSSR count). The number of ketones is 1. The van der Waals surface area contributed by atoms with Crippen LogP contribution in [0.25, 0.3) is 0 Å². The zero-order chi connectivity index (χ0) is 22.7. The van der Waals surface area contributed by atoms with Gasteiger partial charge >= 0.3 is 5.97 Å². The van der Waals surface area contributed by atoms with Crippen LogP contribution in [-0.2, 0) is 19.2 Å². The molecule has 2 amide bonds. The number of carbonyl (C=O) groups is 4. The largest absolute Gasteiger partial charge is 0.475 e. The number of rotatable bonds is 14. The number of carboxylic acids is 1. The van der Waals surface area contributed by atoms with Crippen molar-refractivity contribution in [2.24, 2.45) is 5.92 Å². The second kappa shape index (κ2) is 13.2. The molecule has 0 aliphatic heterocycles. The van der Waals surface area contributed by atoms with E-state index in [2.05, 4.69) is 16.0 Å². The van der Waals surface area contributed by atoms with Crippen LogP contribution in [0.2, 0.25) is 0 Å². The molecule has 29 heavy (non-hydrogen) atoms. The van der Waals surface area contributed by atoms with Gasteiger partial charge in [0.25, 0.3) is 5.78 Å². The molecule has 0 aliphatic carbocycles. The minimum Gasteiger partial charge on any atom is -0.475 e. The molecular weight excluding hydrogens is 388 g/mol. The topological polar surface area (TPSA) is 125 Å². The van der Waals surface area contributed by atoms with Crippen molar-refractivity contribution in [1.29, 1.82) is 0 Å². The molecule has 8 nitrogen and oxygen atoms in total. The lowest BCUT2D eigenvalue weighted by molar-refractivity contribution is -0.151. The van der Waals surface area contributed by atoms with Gasteiger partial charge in [-0.05, 0) is 18.8 Å². The van der Waals surface area contributed by atoms with E-state index >= 15 is 0 Å². The number of halogens is 2. The Morgan fingerprint density at radius 2 is 1.38 bits per heavy atom. The number of hydrogen-bond donors (Lipinski definition) is 4. The number of amides is 2. The molecule has 10 heteroatoms. The van der Waals surface area contributed by atoms with Crippen molar-refractivity contribution in [3.05, 3.63) is 0 Å². The molecule has 0 aromatic rings. The molecule has 0 radical (unpaired) electrons. The lowest BCUT2D eigenvalue weighted by atomic mass is 10.0. The van der Waals surface area contributed by atoms with Crippen LogP contribution in [0.1, 0.15) is 60.3 Å². The summed E-state index contributed by atoms with van der Waals surface area (Å²) < 4.78 is 25.4. The number of nitrogens with one attached hydrogen (secondary N) is 3. The Balaban J connectivity index is 5.40. The van der Waals surface area contributed by atoms with Crippen LogP contribution < -0.4 is 16.0 Å². The summed E-state index contributed by atoms with van der Waals surface area (Å²) in [6, 6.07) is -3.47.